The van der Waals surface area contributed by atoms with Gasteiger partial charge in [0.15, 0.2) is 5.96 Å². The van der Waals surface area contributed by atoms with Gasteiger partial charge in [0.1, 0.15) is 5.82 Å². The third-order valence-electron chi connectivity index (χ3n) is 4.30. The lowest BCUT2D eigenvalue weighted by atomic mass is 10.0. The summed E-state index contributed by atoms with van der Waals surface area (Å²) in [7, 11) is 1.48. The Morgan fingerprint density at radius 1 is 1.26 bits per heavy atom. The van der Waals surface area contributed by atoms with Crippen LogP contribution in [-0.4, -0.2) is 50.3 Å². The Labute approximate surface area is 178 Å². The number of likely N-dealkylation sites (tertiary alicyclic amines) is 1. The Morgan fingerprint density at radius 2 is 1.93 bits per heavy atom. The van der Waals surface area contributed by atoms with Crippen molar-refractivity contribution < 1.29 is 17.6 Å². The third kappa shape index (κ3) is 7.61. The average Bonchev–Trinajstić information content (AvgIpc) is 3.08. The van der Waals surface area contributed by atoms with Crippen LogP contribution >= 0.6 is 35.6 Å². The van der Waals surface area contributed by atoms with Gasteiger partial charge in [-0.15, -0.1) is 24.0 Å². The zero-order valence-electron chi connectivity index (χ0n) is 15.0. The lowest BCUT2D eigenvalue weighted by Crippen LogP contribution is -2.43. The molecule has 2 N–H and O–H groups in total. The number of nitrogens with zero attached hydrogens (tertiary/aromatic N) is 2. The van der Waals surface area contributed by atoms with Gasteiger partial charge in [-0.25, -0.2) is 4.39 Å². The van der Waals surface area contributed by atoms with Crippen molar-refractivity contribution in [2.75, 3.05) is 33.2 Å². The number of rotatable bonds is 6. The van der Waals surface area contributed by atoms with Crippen LogP contribution in [0.4, 0.5) is 17.6 Å². The molecule has 1 heterocycles. The number of alkyl halides is 3. The highest BCUT2D eigenvalue weighted by molar-refractivity contribution is 14.0. The van der Waals surface area contributed by atoms with Gasteiger partial charge in [0.05, 0.1) is 12.5 Å². The fraction of sp³-hybridized carbons (Fsp3) is 0.588. The molecule has 1 aliphatic rings. The summed E-state index contributed by atoms with van der Waals surface area (Å²) in [6.45, 7) is 1.64. The molecule has 1 fully saturated rings. The monoisotopic (exact) mass is 522 g/mol. The number of guanidine groups is 1. The lowest BCUT2D eigenvalue weighted by molar-refractivity contribution is -0.132. The van der Waals surface area contributed by atoms with Crippen molar-refractivity contribution in [2.45, 2.75) is 31.5 Å². The van der Waals surface area contributed by atoms with Crippen LogP contribution < -0.4 is 10.6 Å². The smallest absolute Gasteiger partial charge is 0.356 e. The van der Waals surface area contributed by atoms with Crippen LogP contribution in [0.25, 0.3) is 0 Å². The summed E-state index contributed by atoms with van der Waals surface area (Å²) in [6.07, 6.45) is -3.16. The Hall–Kier alpha value is -0.810. The first-order chi connectivity index (χ1) is 12.3. The van der Waals surface area contributed by atoms with Crippen LogP contribution in [0.5, 0.6) is 0 Å². The topological polar surface area (TPSA) is 39.7 Å². The largest absolute Gasteiger partial charge is 0.390 e. The minimum absolute atomic E-state index is 0. The molecule has 27 heavy (non-hydrogen) atoms. The first-order valence-corrected chi connectivity index (χ1v) is 8.89. The molecular weight excluding hydrogens is 499 g/mol. The molecule has 4 nitrogen and oxygen atoms in total. The molecule has 1 aliphatic heterocycles. The molecular formula is C17H24ClF4IN4. The van der Waals surface area contributed by atoms with E-state index in [0.29, 0.717) is 10.6 Å². The number of aliphatic imine (C=N–C) groups is 1. The first kappa shape index (κ1) is 24.2. The zero-order chi connectivity index (χ0) is 19.2. The molecule has 154 valence electrons. The normalized spacial score (nSPS) is 16.7. The molecule has 0 radical (unpaired) electrons. The Morgan fingerprint density at radius 3 is 2.48 bits per heavy atom. The maximum Gasteiger partial charge on any atom is 0.390 e. The van der Waals surface area contributed by atoms with Crippen molar-refractivity contribution in [1.82, 2.24) is 15.5 Å². The fourth-order valence-corrected chi connectivity index (χ4v) is 3.32. The van der Waals surface area contributed by atoms with E-state index in [2.05, 4.69) is 20.5 Å². The number of halogens is 6. The molecule has 0 amide bonds. The van der Waals surface area contributed by atoms with Gasteiger partial charge in [-0.1, -0.05) is 17.7 Å². The molecule has 1 aromatic rings. The molecule has 0 aromatic heterocycles. The quantitative estimate of drug-likeness (QED) is 0.253. The predicted octanol–water partition coefficient (Wildman–Crippen LogP) is 4.35. The van der Waals surface area contributed by atoms with Crippen LogP contribution in [0.15, 0.2) is 23.2 Å². The van der Waals surface area contributed by atoms with E-state index in [9.17, 15) is 17.6 Å². The zero-order valence-corrected chi connectivity index (χ0v) is 18.0. The highest BCUT2D eigenvalue weighted by atomic mass is 127. The third-order valence-corrected chi connectivity index (χ3v) is 4.63. The van der Waals surface area contributed by atoms with E-state index in [-0.39, 0.29) is 49.1 Å². The van der Waals surface area contributed by atoms with Crippen molar-refractivity contribution in [1.29, 1.82) is 0 Å². The molecule has 0 spiro atoms. The predicted molar refractivity (Wildman–Crippen MR) is 110 cm³/mol. The van der Waals surface area contributed by atoms with Crippen LogP contribution in [-0.2, 0) is 0 Å². The standard InChI is InChI=1S/C17H23ClF4N4.HI/c1-23-16(24-8-7-17(20,21)22)25-11-14(26-9-2-3-10-26)15-12(18)5-4-6-13(15)19;/h4-6,14H,2-3,7-11H2,1H3,(H2,23,24,25);1H. The summed E-state index contributed by atoms with van der Waals surface area (Å²) in [5, 5.41) is 5.95. The summed E-state index contributed by atoms with van der Waals surface area (Å²) in [5.74, 6) is -0.151. The summed E-state index contributed by atoms with van der Waals surface area (Å²) >= 11 is 6.22. The van der Waals surface area contributed by atoms with E-state index in [1.54, 1.807) is 12.1 Å². The number of hydrogen-bond donors (Lipinski definition) is 2. The Kier molecular flexibility index (Phi) is 10.1. The van der Waals surface area contributed by atoms with E-state index in [1.807, 2.05) is 0 Å². The fourth-order valence-electron chi connectivity index (χ4n) is 3.03. The van der Waals surface area contributed by atoms with Crippen LogP contribution in [0.3, 0.4) is 0 Å². The molecule has 2 rings (SSSR count). The van der Waals surface area contributed by atoms with Gasteiger partial charge in [0.2, 0.25) is 0 Å². The molecule has 1 aromatic carbocycles. The van der Waals surface area contributed by atoms with E-state index < -0.39 is 18.4 Å². The van der Waals surface area contributed by atoms with Gasteiger partial charge in [-0.2, -0.15) is 13.2 Å². The number of hydrogen-bond acceptors (Lipinski definition) is 2. The summed E-state index contributed by atoms with van der Waals surface area (Å²) in [5.41, 5.74) is 0.398. The van der Waals surface area contributed by atoms with Gasteiger partial charge in [0, 0.05) is 30.7 Å². The van der Waals surface area contributed by atoms with Crippen molar-refractivity contribution in [3.05, 3.63) is 34.6 Å². The van der Waals surface area contributed by atoms with Crippen molar-refractivity contribution in [3.8, 4) is 0 Å². The maximum atomic E-state index is 14.4. The average molecular weight is 523 g/mol. The van der Waals surface area contributed by atoms with Gasteiger partial charge in [-0.05, 0) is 38.1 Å². The van der Waals surface area contributed by atoms with Crippen LogP contribution in [0.2, 0.25) is 5.02 Å². The van der Waals surface area contributed by atoms with E-state index >= 15 is 0 Å². The molecule has 0 aliphatic carbocycles. The van der Waals surface area contributed by atoms with E-state index in [0.717, 1.165) is 25.9 Å². The molecule has 10 heteroatoms. The second-order valence-electron chi connectivity index (χ2n) is 6.14. The van der Waals surface area contributed by atoms with Gasteiger partial charge in [-0.3, -0.25) is 9.89 Å². The SMILES string of the molecule is CN=C(NCCC(F)(F)F)NCC(c1c(F)cccc1Cl)N1CCCC1.I. The van der Waals surface area contributed by atoms with Crippen LogP contribution in [0.1, 0.15) is 30.9 Å². The number of nitrogens with one attached hydrogen (secondary N) is 2. The summed E-state index contributed by atoms with van der Waals surface area (Å²) in [6, 6.07) is 4.22. The van der Waals surface area contributed by atoms with Crippen molar-refractivity contribution >= 4 is 41.5 Å². The number of benzene rings is 1. The first-order valence-electron chi connectivity index (χ1n) is 8.51. The minimum atomic E-state index is -4.23. The van der Waals surface area contributed by atoms with E-state index in [1.165, 1.54) is 13.1 Å². The van der Waals surface area contributed by atoms with E-state index in [4.69, 9.17) is 11.6 Å². The van der Waals surface area contributed by atoms with Gasteiger partial charge in [0.25, 0.3) is 0 Å². The Balaban J connectivity index is 0.00000364. The van der Waals surface area contributed by atoms with Crippen molar-refractivity contribution in [2.24, 2.45) is 4.99 Å². The second-order valence-corrected chi connectivity index (χ2v) is 6.55. The maximum absolute atomic E-state index is 14.4. The highest BCUT2D eigenvalue weighted by Crippen LogP contribution is 2.31. The summed E-state index contributed by atoms with van der Waals surface area (Å²) < 4.78 is 51.2. The molecule has 1 saturated heterocycles. The van der Waals surface area contributed by atoms with Gasteiger partial charge >= 0.3 is 6.18 Å². The summed E-state index contributed by atoms with van der Waals surface area (Å²) in [4.78, 5) is 6.05. The molecule has 1 atom stereocenters. The highest BCUT2D eigenvalue weighted by Gasteiger charge is 2.28. The van der Waals surface area contributed by atoms with Crippen LogP contribution in [0, 0.1) is 5.82 Å². The molecule has 0 saturated carbocycles. The molecule has 0 bridgehead atoms. The van der Waals surface area contributed by atoms with Crippen molar-refractivity contribution in [3.63, 3.8) is 0 Å². The Bertz CT molecular complexity index is 601. The second kappa shape index (κ2) is 11.3. The molecule has 1 unspecified atom stereocenters. The lowest BCUT2D eigenvalue weighted by Gasteiger charge is -2.29. The minimum Gasteiger partial charge on any atom is -0.356 e. The van der Waals surface area contributed by atoms with Gasteiger partial charge < -0.3 is 10.6 Å².